The van der Waals surface area contributed by atoms with Gasteiger partial charge in [0.25, 0.3) is 0 Å². The molecule has 0 bridgehead atoms. The number of nitrogens with zero attached hydrogens (tertiary/aromatic N) is 1. The Kier molecular flexibility index (Phi) is 8.35. The highest BCUT2D eigenvalue weighted by Crippen LogP contribution is 2.32. The molecule has 33 heavy (non-hydrogen) atoms. The van der Waals surface area contributed by atoms with Crippen LogP contribution in [-0.2, 0) is 14.8 Å². The second-order valence-electron chi connectivity index (χ2n) is 7.50. The highest BCUT2D eigenvalue weighted by molar-refractivity contribution is 7.89. The average molecular weight is 475 g/mol. The maximum Gasteiger partial charge on any atom is 0.248 e. The summed E-state index contributed by atoms with van der Waals surface area (Å²) in [5.41, 5.74) is 1.12. The van der Waals surface area contributed by atoms with Gasteiger partial charge in [0, 0.05) is 24.9 Å². The van der Waals surface area contributed by atoms with E-state index in [2.05, 4.69) is 5.32 Å². The largest absolute Gasteiger partial charge is 0.493 e. The zero-order valence-electron chi connectivity index (χ0n) is 19.2. The number of carbonyl (C=O) groups is 1. The molecule has 178 valence electrons. The first-order valence-corrected chi connectivity index (χ1v) is 12.3. The molecule has 1 amide bonds. The summed E-state index contributed by atoms with van der Waals surface area (Å²) in [6, 6.07) is 9.96. The van der Waals surface area contributed by atoms with E-state index in [0.29, 0.717) is 36.9 Å². The van der Waals surface area contributed by atoms with Gasteiger partial charge in [-0.3, -0.25) is 4.79 Å². The third kappa shape index (κ3) is 6.06. The fraction of sp³-hybridized carbons (Fsp3) is 0.375. The number of piperidine rings is 1. The fourth-order valence-electron chi connectivity index (χ4n) is 3.62. The van der Waals surface area contributed by atoms with Gasteiger partial charge in [-0.15, -0.1) is 0 Å². The van der Waals surface area contributed by atoms with Gasteiger partial charge in [0.15, 0.2) is 11.5 Å². The summed E-state index contributed by atoms with van der Waals surface area (Å²) < 4.78 is 44.0. The van der Waals surface area contributed by atoms with E-state index in [0.717, 1.165) is 24.8 Å². The number of ether oxygens (including phenoxy) is 3. The number of amides is 1. The summed E-state index contributed by atoms with van der Waals surface area (Å²) in [5.74, 6) is 1.03. The number of sulfonamides is 1. The van der Waals surface area contributed by atoms with Gasteiger partial charge in [-0.25, -0.2) is 8.42 Å². The quantitative estimate of drug-likeness (QED) is 0.554. The first-order chi connectivity index (χ1) is 15.9. The van der Waals surface area contributed by atoms with E-state index in [-0.39, 0.29) is 10.6 Å². The fourth-order valence-corrected chi connectivity index (χ4v) is 5.29. The van der Waals surface area contributed by atoms with Crippen LogP contribution in [0.5, 0.6) is 17.2 Å². The van der Waals surface area contributed by atoms with E-state index in [1.807, 2.05) is 0 Å². The summed E-state index contributed by atoms with van der Waals surface area (Å²) in [5, 5.41) is 2.73. The predicted octanol–water partition coefficient (Wildman–Crippen LogP) is 3.93. The summed E-state index contributed by atoms with van der Waals surface area (Å²) in [6.45, 7) is 3.10. The smallest absolute Gasteiger partial charge is 0.248 e. The SMILES string of the molecule is CCOc1ccc(NC(=O)/C=C/c2ccc(OC)c(OC)c2)cc1S(=O)(=O)N1CCCCC1. The normalized spacial score (nSPS) is 14.8. The number of carbonyl (C=O) groups excluding carboxylic acids is 1. The van der Waals surface area contributed by atoms with Crippen molar-refractivity contribution in [3.8, 4) is 17.2 Å². The molecule has 0 radical (unpaired) electrons. The molecule has 8 nitrogen and oxygen atoms in total. The Morgan fingerprint density at radius 3 is 2.36 bits per heavy atom. The first-order valence-electron chi connectivity index (χ1n) is 10.9. The van der Waals surface area contributed by atoms with Gasteiger partial charge in [0.05, 0.1) is 20.8 Å². The monoisotopic (exact) mass is 474 g/mol. The molecule has 1 aliphatic heterocycles. The molecular weight excluding hydrogens is 444 g/mol. The molecular formula is C24H30N2O6S. The molecule has 0 saturated carbocycles. The Balaban J connectivity index is 1.80. The molecule has 1 aliphatic rings. The van der Waals surface area contributed by atoms with E-state index in [9.17, 15) is 13.2 Å². The lowest BCUT2D eigenvalue weighted by Gasteiger charge is -2.26. The highest BCUT2D eigenvalue weighted by Gasteiger charge is 2.29. The van der Waals surface area contributed by atoms with Crippen LogP contribution in [0.15, 0.2) is 47.4 Å². The molecule has 9 heteroatoms. The maximum atomic E-state index is 13.2. The second-order valence-corrected chi connectivity index (χ2v) is 9.40. The third-order valence-corrected chi connectivity index (χ3v) is 7.20. The molecule has 1 N–H and O–H groups in total. The van der Waals surface area contributed by atoms with Gasteiger partial charge in [-0.05, 0) is 61.7 Å². The van der Waals surface area contributed by atoms with Crippen molar-refractivity contribution in [2.45, 2.75) is 31.1 Å². The van der Waals surface area contributed by atoms with Crippen LogP contribution < -0.4 is 19.5 Å². The van der Waals surface area contributed by atoms with Crippen LogP contribution >= 0.6 is 0 Å². The molecule has 0 atom stereocenters. The number of rotatable bonds is 9. The molecule has 1 fully saturated rings. The van der Waals surface area contributed by atoms with E-state index < -0.39 is 15.9 Å². The van der Waals surface area contributed by atoms with Gasteiger partial charge in [-0.1, -0.05) is 12.5 Å². The maximum absolute atomic E-state index is 13.2. The Labute approximate surface area is 195 Å². The summed E-state index contributed by atoms with van der Waals surface area (Å²) >= 11 is 0. The Morgan fingerprint density at radius 1 is 1.00 bits per heavy atom. The van der Waals surface area contributed by atoms with Crippen molar-refractivity contribution in [2.75, 3.05) is 39.2 Å². The van der Waals surface area contributed by atoms with Gasteiger partial charge in [-0.2, -0.15) is 4.31 Å². The van der Waals surface area contributed by atoms with E-state index in [1.54, 1.807) is 57.6 Å². The first kappa shape index (κ1) is 24.6. The predicted molar refractivity (Wildman–Crippen MR) is 127 cm³/mol. The van der Waals surface area contributed by atoms with Crippen LogP contribution in [-0.4, -0.2) is 52.5 Å². The molecule has 0 aliphatic carbocycles. The average Bonchev–Trinajstić information content (AvgIpc) is 2.84. The van der Waals surface area contributed by atoms with Crippen LogP contribution in [0.25, 0.3) is 6.08 Å². The Bertz CT molecular complexity index is 1110. The summed E-state index contributed by atoms with van der Waals surface area (Å²) in [4.78, 5) is 12.6. The van der Waals surface area contributed by atoms with Gasteiger partial charge >= 0.3 is 0 Å². The molecule has 2 aromatic rings. The standard InChI is InChI=1S/C24H30N2O6S/c1-4-32-21-12-10-19(17-23(21)33(28,29)26-14-6-5-7-15-26)25-24(27)13-9-18-8-11-20(30-2)22(16-18)31-3/h8-13,16-17H,4-7,14-15H2,1-3H3,(H,25,27)/b13-9+. The van der Waals surface area contributed by atoms with Crippen molar-refractivity contribution >= 4 is 27.7 Å². The molecule has 1 heterocycles. The number of methoxy groups -OCH3 is 2. The lowest BCUT2D eigenvalue weighted by atomic mass is 10.2. The van der Waals surface area contributed by atoms with Gasteiger partial charge in [0.1, 0.15) is 10.6 Å². The topological polar surface area (TPSA) is 94.2 Å². The minimum Gasteiger partial charge on any atom is -0.493 e. The lowest BCUT2D eigenvalue weighted by molar-refractivity contribution is -0.111. The number of hydrogen-bond acceptors (Lipinski definition) is 6. The molecule has 0 unspecified atom stereocenters. The van der Waals surface area contributed by atoms with Crippen molar-refractivity contribution in [1.82, 2.24) is 4.31 Å². The molecule has 0 spiro atoms. The third-order valence-electron chi connectivity index (χ3n) is 5.28. The minimum atomic E-state index is -3.73. The van der Waals surface area contributed by atoms with Crippen LogP contribution in [0.3, 0.4) is 0 Å². The van der Waals surface area contributed by atoms with Gasteiger partial charge < -0.3 is 19.5 Å². The van der Waals surface area contributed by atoms with Crippen molar-refractivity contribution < 1.29 is 27.4 Å². The van der Waals surface area contributed by atoms with Crippen LogP contribution in [0.1, 0.15) is 31.7 Å². The number of anilines is 1. The lowest BCUT2D eigenvalue weighted by Crippen LogP contribution is -2.35. The zero-order chi connectivity index (χ0) is 23.8. The second kappa shape index (κ2) is 11.2. The number of benzene rings is 2. The van der Waals surface area contributed by atoms with E-state index >= 15 is 0 Å². The van der Waals surface area contributed by atoms with Crippen LogP contribution in [0, 0.1) is 0 Å². The van der Waals surface area contributed by atoms with Crippen molar-refractivity contribution in [2.24, 2.45) is 0 Å². The van der Waals surface area contributed by atoms with Crippen LogP contribution in [0.4, 0.5) is 5.69 Å². The van der Waals surface area contributed by atoms with E-state index in [1.165, 1.54) is 16.4 Å². The number of hydrogen-bond donors (Lipinski definition) is 1. The van der Waals surface area contributed by atoms with Gasteiger partial charge in [0.2, 0.25) is 15.9 Å². The zero-order valence-corrected chi connectivity index (χ0v) is 20.0. The molecule has 1 saturated heterocycles. The minimum absolute atomic E-state index is 0.0629. The van der Waals surface area contributed by atoms with Crippen molar-refractivity contribution in [3.05, 3.63) is 48.0 Å². The van der Waals surface area contributed by atoms with Crippen LogP contribution in [0.2, 0.25) is 0 Å². The highest BCUT2D eigenvalue weighted by atomic mass is 32.2. The van der Waals surface area contributed by atoms with Crippen molar-refractivity contribution in [3.63, 3.8) is 0 Å². The molecule has 0 aromatic heterocycles. The van der Waals surface area contributed by atoms with E-state index in [4.69, 9.17) is 14.2 Å². The van der Waals surface area contributed by atoms with Crippen molar-refractivity contribution in [1.29, 1.82) is 0 Å². The summed E-state index contributed by atoms with van der Waals surface area (Å²) in [7, 11) is -0.635. The Morgan fingerprint density at radius 2 is 1.70 bits per heavy atom. The molecule has 2 aromatic carbocycles. The Hall–Kier alpha value is -3.04. The summed E-state index contributed by atoms with van der Waals surface area (Å²) in [6.07, 6.45) is 5.70. The number of nitrogens with one attached hydrogen (secondary N) is 1. The molecule has 3 rings (SSSR count).